The lowest BCUT2D eigenvalue weighted by molar-refractivity contribution is -0.124. The van der Waals surface area contributed by atoms with E-state index in [-0.39, 0.29) is 34.8 Å². The first kappa shape index (κ1) is 20.1. The number of hydrogen-bond donors (Lipinski definition) is 3. The fourth-order valence-corrected chi connectivity index (χ4v) is 3.52. The van der Waals surface area contributed by atoms with Crippen molar-refractivity contribution in [2.45, 2.75) is 25.3 Å². The molecule has 0 bridgehead atoms. The fourth-order valence-electron chi connectivity index (χ4n) is 3.35. The quantitative estimate of drug-likeness (QED) is 0.403. The smallest absolute Gasteiger partial charge is 0.259 e. The number of rotatable bonds is 5. The van der Waals surface area contributed by atoms with Crippen molar-refractivity contribution < 1.29 is 18.8 Å². The van der Waals surface area contributed by atoms with Gasteiger partial charge in [0.05, 0.1) is 18.2 Å². The number of carbonyl (C=O) groups excluding carboxylic acids is 3. The van der Waals surface area contributed by atoms with E-state index < -0.39 is 17.6 Å². The second-order valence-corrected chi connectivity index (χ2v) is 8.02. The van der Waals surface area contributed by atoms with Crippen LogP contribution in [0.4, 0.5) is 16.0 Å². The molecule has 0 atom stereocenters. The van der Waals surface area contributed by atoms with Crippen LogP contribution in [0.1, 0.15) is 35.2 Å². The monoisotopic (exact) mass is 454 g/mol. The molecule has 3 N–H and O–H groups in total. The Bertz CT molecular complexity index is 1330. The molecule has 11 heteroatoms. The van der Waals surface area contributed by atoms with Crippen LogP contribution in [0.5, 0.6) is 0 Å². The van der Waals surface area contributed by atoms with Crippen molar-refractivity contribution in [3.8, 4) is 0 Å². The molecule has 9 nitrogen and oxygen atoms in total. The molecule has 1 aliphatic heterocycles. The van der Waals surface area contributed by atoms with E-state index in [1.54, 1.807) is 16.7 Å². The third-order valence-electron chi connectivity index (χ3n) is 5.07. The van der Waals surface area contributed by atoms with Crippen molar-refractivity contribution in [1.82, 2.24) is 19.9 Å². The molecule has 5 rings (SSSR count). The van der Waals surface area contributed by atoms with E-state index in [4.69, 9.17) is 11.6 Å². The molecular weight excluding hydrogens is 439 g/mol. The Labute approximate surface area is 185 Å². The number of halogens is 2. The number of carbonyl (C=O) groups is 3. The molecule has 0 spiro atoms. The second-order valence-electron chi connectivity index (χ2n) is 7.58. The Balaban J connectivity index is 1.54. The van der Waals surface area contributed by atoms with Gasteiger partial charge in [-0.25, -0.2) is 9.37 Å². The number of amides is 3. The van der Waals surface area contributed by atoms with E-state index in [1.165, 1.54) is 18.3 Å². The number of benzene rings is 1. The van der Waals surface area contributed by atoms with Gasteiger partial charge in [0.2, 0.25) is 5.91 Å². The predicted octanol–water partition coefficient (Wildman–Crippen LogP) is 2.78. The van der Waals surface area contributed by atoms with Crippen LogP contribution in [0.25, 0.3) is 11.7 Å². The van der Waals surface area contributed by atoms with E-state index >= 15 is 0 Å². The van der Waals surface area contributed by atoms with E-state index in [0.717, 1.165) is 18.9 Å². The zero-order valence-electron chi connectivity index (χ0n) is 16.5. The third kappa shape index (κ3) is 3.92. The Morgan fingerprint density at radius 2 is 2.09 bits per heavy atom. The van der Waals surface area contributed by atoms with Gasteiger partial charge >= 0.3 is 0 Å². The SMILES string of the molecule is O=C1C/C(=C\c2cnn3c(NC4CC4)cc(NC(=O)c4cc(Cl)ccc4F)nc23)C(=O)N1. The summed E-state index contributed by atoms with van der Waals surface area (Å²) in [5.41, 5.74) is 0.928. The summed E-state index contributed by atoms with van der Waals surface area (Å²) >= 11 is 5.89. The van der Waals surface area contributed by atoms with Crippen LogP contribution in [-0.4, -0.2) is 38.4 Å². The Morgan fingerprint density at radius 1 is 1.28 bits per heavy atom. The van der Waals surface area contributed by atoms with Gasteiger partial charge in [-0.15, -0.1) is 0 Å². The molecule has 2 fully saturated rings. The van der Waals surface area contributed by atoms with Gasteiger partial charge in [-0.05, 0) is 37.1 Å². The van der Waals surface area contributed by atoms with Crippen LogP contribution in [-0.2, 0) is 9.59 Å². The molecule has 3 heterocycles. The van der Waals surface area contributed by atoms with Gasteiger partial charge in [0.1, 0.15) is 17.5 Å². The maximum atomic E-state index is 14.1. The lowest BCUT2D eigenvalue weighted by Gasteiger charge is -2.11. The molecule has 1 aromatic carbocycles. The normalized spacial score (nSPS) is 17.1. The van der Waals surface area contributed by atoms with Crippen LogP contribution < -0.4 is 16.0 Å². The van der Waals surface area contributed by atoms with Gasteiger partial charge in [-0.2, -0.15) is 9.61 Å². The Morgan fingerprint density at radius 3 is 2.81 bits per heavy atom. The number of hydrogen-bond acceptors (Lipinski definition) is 6. The van der Waals surface area contributed by atoms with E-state index in [9.17, 15) is 18.8 Å². The summed E-state index contributed by atoms with van der Waals surface area (Å²) in [4.78, 5) is 40.5. The minimum absolute atomic E-state index is 0.0339. The first-order chi connectivity index (χ1) is 15.4. The minimum atomic E-state index is -0.712. The molecule has 32 heavy (non-hydrogen) atoms. The van der Waals surface area contributed by atoms with Crippen LogP contribution in [0.3, 0.4) is 0 Å². The third-order valence-corrected chi connectivity index (χ3v) is 5.30. The van der Waals surface area contributed by atoms with Crippen molar-refractivity contribution in [2.75, 3.05) is 10.6 Å². The molecule has 0 unspecified atom stereocenters. The van der Waals surface area contributed by atoms with Gasteiger partial charge in [-0.1, -0.05) is 11.6 Å². The van der Waals surface area contributed by atoms with E-state index in [2.05, 4.69) is 26.0 Å². The van der Waals surface area contributed by atoms with Gasteiger partial charge in [0.25, 0.3) is 11.8 Å². The predicted molar refractivity (Wildman–Crippen MR) is 115 cm³/mol. The van der Waals surface area contributed by atoms with Crippen molar-refractivity contribution in [3.05, 3.63) is 58.0 Å². The van der Waals surface area contributed by atoms with Crippen molar-refractivity contribution >= 4 is 52.7 Å². The van der Waals surface area contributed by atoms with Crippen LogP contribution in [0.2, 0.25) is 5.02 Å². The van der Waals surface area contributed by atoms with Crippen molar-refractivity contribution in [2.24, 2.45) is 0 Å². The molecule has 1 saturated carbocycles. The van der Waals surface area contributed by atoms with Gasteiger partial charge < -0.3 is 10.6 Å². The lowest BCUT2D eigenvalue weighted by Crippen LogP contribution is -2.19. The maximum Gasteiger partial charge on any atom is 0.259 e. The minimum Gasteiger partial charge on any atom is -0.367 e. The van der Waals surface area contributed by atoms with Gasteiger partial charge in [0.15, 0.2) is 5.65 Å². The van der Waals surface area contributed by atoms with E-state index in [1.807, 2.05) is 0 Å². The second kappa shape index (κ2) is 7.72. The van der Waals surface area contributed by atoms with Gasteiger partial charge in [0, 0.05) is 28.3 Å². The molecule has 0 radical (unpaired) electrons. The molecule has 2 aliphatic rings. The zero-order chi connectivity index (χ0) is 22.4. The summed E-state index contributed by atoms with van der Waals surface area (Å²) in [6, 6.07) is 5.58. The summed E-state index contributed by atoms with van der Waals surface area (Å²) in [7, 11) is 0. The number of aromatic nitrogens is 3. The standard InChI is InChI=1S/C21H16ClFN6O3/c22-12-1-4-15(23)14(7-12)21(32)27-16-8-17(25-13-2-3-13)29-19(26-16)11(9-24-29)5-10-6-18(30)28-20(10)31/h1,4-5,7-9,13,25H,2-3,6H2,(H,26,27,32)(H,28,30,31)/b10-5+. The lowest BCUT2D eigenvalue weighted by atomic mass is 10.1. The van der Waals surface area contributed by atoms with Crippen LogP contribution >= 0.6 is 11.6 Å². The van der Waals surface area contributed by atoms with Crippen LogP contribution in [0, 0.1) is 5.82 Å². The highest BCUT2D eigenvalue weighted by atomic mass is 35.5. The summed E-state index contributed by atoms with van der Waals surface area (Å²) in [6.45, 7) is 0. The summed E-state index contributed by atoms with van der Waals surface area (Å²) in [5, 5.41) is 12.7. The number of fused-ring (bicyclic) bond motifs is 1. The highest BCUT2D eigenvalue weighted by Gasteiger charge is 2.26. The van der Waals surface area contributed by atoms with Crippen LogP contribution in [0.15, 0.2) is 36.0 Å². The Kier molecular flexibility index (Phi) is 4.86. The summed E-state index contributed by atoms with van der Waals surface area (Å²) in [5.74, 6) is -1.52. The summed E-state index contributed by atoms with van der Waals surface area (Å²) < 4.78 is 15.7. The number of anilines is 2. The number of imide groups is 1. The topological polar surface area (TPSA) is 117 Å². The summed E-state index contributed by atoms with van der Waals surface area (Å²) in [6.07, 6.45) is 5.03. The Hall–Kier alpha value is -3.79. The first-order valence-electron chi connectivity index (χ1n) is 9.84. The molecule has 3 aromatic rings. The van der Waals surface area contributed by atoms with E-state index in [0.29, 0.717) is 22.6 Å². The molecule has 1 saturated heterocycles. The van der Waals surface area contributed by atoms with Crippen molar-refractivity contribution in [1.29, 1.82) is 0 Å². The first-order valence-corrected chi connectivity index (χ1v) is 10.2. The molecule has 162 valence electrons. The van der Waals surface area contributed by atoms with Gasteiger partial charge in [-0.3, -0.25) is 19.7 Å². The highest BCUT2D eigenvalue weighted by Crippen LogP contribution is 2.28. The average Bonchev–Trinajstić information content (AvgIpc) is 3.38. The highest BCUT2D eigenvalue weighted by molar-refractivity contribution is 6.31. The number of nitrogens with zero attached hydrogens (tertiary/aromatic N) is 3. The average molecular weight is 455 g/mol. The zero-order valence-corrected chi connectivity index (χ0v) is 17.2. The number of nitrogens with one attached hydrogen (secondary N) is 3. The fraction of sp³-hybridized carbons (Fsp3) is 0.190. The molecule has 3 amide bonds. The largest absolute Gasteiger partial charge is 0.367 e. The molecule has 2 aromatic heterocycles. The van der Waals surface area contributed by atoms with Crippen molar-refractivity contribution in [3.63, 3.8) is 0 Å². The molecular formula is C21H16ClFN6O3. The molecule has 1 aliphatic carbocycles. The maximum absolute atomic E-state index is 14.1.